The van der Waals surface area contributed by atoms with Crippen LogP contribution in [0.1, 0.15) is 41.0 Å². The first-order chi connectivity index (χ1) is 10.4. The average molecular weight is 413 g/mol. The quantitative estimate of drug-likeness (QED) is 0.541. The van der Waals surface area contributed by atoms with Crippen LogP contribution in [-0.2, 0) is 16.0 Å². The molecule has 1 unspecified atom stereocenters. The normalized spacial score (nSPS) is 28.7. The van der Waals surface area contributed by atoms with Gasteiger partial charge in [0.15, 0.2) is 0 Å². The zero-order valence-electron chi connectivity index (χ0n) is 17.9. The van der Waals surface area contributed by atoms with Crippen molar-refractivity contribution in [1.29, 1.82) is 0 Å². The third-order valence-corrected chi connectivity index (χ3v) is 19.4. The van der Waals surface area contributed by atoms with E-state index in [4.69, 9.17) is 16.0 Å². The van der Waals surface area contributed by atoms with Gasteiger partial charge in [-0.2, -0.15) is 0 Å². The lowest BCUT2D eigenvalue weighted by Gasteiger charge is -2.57. The van der Waals surface area contributed by atoms with E-state index in [1.165, 1.54) is 0 Å². The molecule has 1 aliphatic rings. The van der Waals surface area contributed by atoms with Crippen molar-refractivity contribution in [2.75, 3.05) is 6.26 Å². The first kappa shape index (κ1) is 22.9. The van der Waals surface area contributed by atoms with Gasteiger partial charge in [0.1, 0.15) is 0 Å². The Morgan fingerprint density at radius 1 is 0.792 bits per heavy atom. The molecule has 0 bridgehead atoms. The Balaban J connectivity index is 3.29. The Bertz CT molecular complexity index is 425. The van der Waals surface area contributed by atoms with Gasteiger partial charge in [-0.15, -0.1) is 0 Å². The molecule has 0 aromatic carbocycles. The molecule has 0 amide bonds. The second kappa shape index (κ2) is 7.10. The van der Waals surface area contributed by atoms with Crippen LogP contribution in [0.3, 0.4) is 0 Å². The molecule has 8 heteroatoms. The van der Waals surface area contributed by atoms with Gasteiger partial charge in [-0.25, -0.2) is 10.6 Å². The average Bonchev–Trinajstić information content (AvgIpc) is 2.16. The molecule has 0 radical (unpaired) electrons. The fourth-order valence-corrected chi connectivity index (χ4v) is 24.2. The van der Waals surface area contributed by atoms with Gasteiger partial charge in [-0.1, -0.05) is 34.6 Å². The second-order valence-corrected chi connectivity index (χ2v) is 23.6. The van der Waals surface area contributed by atoms with Crippen LogP contribution in [0.25, 0.3) is 0 Å². The van der Waals surface area contributed by atoms with E-state index in [2.05, 4.69) is 80.2 Å². The van der Waals surface area contributed by atoms with E-state index in [0.29, 0.717) is 11.2 Å². The van der Waals surface area contributed by atoms with Gasteiger partial charge in [0.2, 0.25) is 0 Å². The van der Waals surface area contributed by atoms with Gasteiger partial charge >= 0.3 is 25.7 Å². The lowest BCUT2D eigenvalue weighted by molar-refractivity contribution is 0.263. The zero-order chi connectivity index (χ0) is 19.2. The minimum Gasteiger partial charge on any atom is -0.414 e. The molecule has 0 N–H and O–H groups in total. The Labute approximate surface area is 155 Å². The van der Waals surface area contributed by atoms with Crippen LogP contribution in [-0.4, -0.2) is 37.2 Å². The summed E-state index contributed by atoms with van der Waals surface area (Å²) >= 11 is 0. The van der Waals surface area contributed by atoms with Crippen molar-refractivity contribution >= 4 is 36.3 Å². The van der Waals surface area contributed by atoms with Crippen LogP contribution in [0.2, 0.25) is 39.3 Å². The number of hydrogen-bond acceptors (Lipinski definition) is 4. The van der Waals surface area contributed by atoms with Crippen molar-refractivity contribution in [1.82, 2.24) is 0 Å². The summed E-state index contributed by atoms with van der Waals surface area (Å²) in [6, 6.07) is 0. The Morgan fingerprint density at radius 3 is 1.46 bits per heavy atom. The second-order valence-electron chi connectivity index (χ2n) is 9.95. The first-order valence-electron chi connectivity index (χ1n) is 8.95. The van der Waals surface area contributed by atoms with E-state index >= 15 is 0 Å². The summed E-state index contributed by atoms with van der Waals surface area (Å²) in [6.45, 7) is 24.2. The summed E-state index contributed by atoms with van der Waals surface area (Å²) in [5, 5.41) is 0.367. The van der Waals surface area contributed by atoms with Crippen LogP contribution in [0, 0.1) is 11.3 Å². The molecular formula is C16H40O4SSi3. The van der Waals surface area contributed by atoms with Gasteiger partial charge < -0.3 is 8.23 Å². The molecule has 4 nitrogen and oxygen atoms in total. The molecule has 0 saturated carbocycles. The van der Waals surface area contributed by atoms with Gasteiger partial charge in [0.05, 0.1) is 0 Å². The summed E-state index contributed by atoms with van der Waals surface area (Å²) in [5.41, 5.74) is 0.229. The minimum atomic E-state index is -2.32. The summed E-state index contributed by atoms with van der Waals surface area (Å²) in [4.78, 5) is 0. The maximum Gasteiger partial charge on any atom is 0.347 e. The highest BCUT2D eigenvalue weighted by Crippen LogP contribution is 2.61. The van der Waals surface area contributed by atoms with Crippen molar-refractivity contribution in [3.63, 3.8) is 0 Å². The molecule has 0 aliphatic carbocycles. The fourth-order valence-electron chi connectivity index (χ4n) is 3.66. The van der Waals surface area contributed by atoms with Gasteiger partial charge in [0.25, 0.3) is 0 Å². The predicted octanol–water partition coefficient (Wildman–Crippen LogP) is 5.90. The summed E-state index contributed by atoms with van der Waals surface area (Å²) in [7, 11) is -8.61. The van der Waals surface area contributed by atoms with Gasteiger partial charge in [-0.3, -0.25) is 7.74 Å². The maximum absolute atomic E-state index is 6.77. The molecule has 1 atom stereocenters. The molecule has 0 aromatic heterocycles. The van der Waals surface area contributed by atoms with E-state index in [-0.39, 0.29) is 5.41 Å². The molecule has 1 rings (SSSR count). The van der Waals surface area contributed by atoms with Gasteiger partial charge in [0, 0.05) is 11.5 Å². The smallest absolute Gasteiger partial charge is 0.347 e. The highest BCUT2D eigenvalue weighted by Gasteiger charge is 2.51. The van der Waals surface area contributed by atoms with Crippen molar-refractivity contribution in [2.45, 2.75) is 85.6 Å². The highest BCUT2D eigenvalue weighted by molar-refractivity contribution is 8.27. The molecule has 1 fully saturated rings. The van der Waals surface area contributed by atoms with E-state index in [1.807, 2.05) is 0 Å². The predicted molar refractivity (Wildman–Crippen MR) is 113 cm³/mol. The van der Waals surface area contributed by atoms with Crippen molar-refractivity contribution in [2.24, 2.45) is 11.3 Å². The Hall–Kier alpha value is 0.841. The van der Waals surface area contributed by atoms with Crippen LogP contribution < -0.4 is 0 Å². The number of rotatable bonds is 3. The third kappa shape index (κ3) is 6.86. The minimum absolute atomic E-state index is 0.229. The summed E-state index contributed by atoms with van der Waals surface area (Å²) in [6.07, 6.45) is 3.27. The Kier molecular flexibility index (Phi) is 6.77. The van der Waals surface area contributed by atoms with E-state index in [1.54, 1.807) is 0 Å². The van der Waals surface area contributed by atoms with Crippen LogP contribution in [0.5, 0.6) is 0 Å². The SMILES string of the molecule is CC(C)C(CC(C)(C)C)S1(C)O[Si](C)(C)O[Si](C)(C)O[Si](C)(C)O1. The molecular weight excluding hydrogens is 372 g/mol. The van der Waals surface area contributed by atoms with Crippen molar-refractivity contribution < 1.29 is 16.0 Å². The van der Waals surface area contributed by atoms with Gasteiger partial charge in [-0.05, 0) is 57.0 Å². The molecule has 1 saturated heterocycles. The third-order valence-electron chi connectivity index (χ3n) is 3.82. The zero-order valence-corrected chi connectivity index (χ0v) is 21.7. The molecule has 1 aliphatic heterocycles. The fraction of sp³-hybridized carbons (Fsp3) is 1.00. The largest absolute Gasteiger partial charge is 0.414 e. The highest BCUT2D eigenvalue weighted by atomic mass is 32.3. The first-order valence-corrected chi connectivity index (χ1v) is 19.4. The topological polar surface area (TPSA) is 36.9 Å². The Morgan fingerprint density at radius 2 is 1.17 bits per heavy atom. The monoisotopic (exact) mass is 412 g/mol. The van der Waals surface area contributed by atoms with Crippen LogP contribution >= 0.6 is 10.6 Å². The van der Waals surface area contributed by atoms with Crippen molar-refractivity contribution in [3.05, 3.63) is 0 Å². The molecule has 0 spiro atoms. The molecule has 146 valence electrons. The lowest BCUT2D eigenvalue weighted by Crippen LogP contribution is -2.58. The van der Waals surface area contributed by atoms with Crippen LogP contribution in [0.15, 0.2) is 0 Å². The lowest BCUT2D eigenvalue weighted by atomic mass is 9.87. The van der Waals surface area contributed by atoms with Crippen LogP contribution in [0.4, 0.5) is 0 Å². The van der Waals surface area contributed by atoms with Crippen molar-refractivity contribution in [3.8, 4) is 0 Å². The maximum atomic E-state index is 6.77. The standard InChI is InChI=1S/C16H40O4SSi3/c1-14(2)15(13-16(3,4)5)21(6)17-22(7,8)19-24(11,12)20-23(9,10)18-21/h14-15H,13H2,1-12H3. The molecule has 0 aromatic rings. The van der Waals surface area contributed by atoms with E-state index in [9.17, 15) is 0 Å². The van der Waals surface area contributed by atoms with E-state index in [0.717, 1.165) is 6.42 Å². The molecule has 1 heterocycles. The summed E-state index contributed by atoms with van der Waals surface area (Å²) < 4.78 is 26.5. The summed E-state index contributed by atoms with van der Waals surface area (Å²) in [5.74, 6) is 0.489. The van der Waals surface area contributed by atoms with E-state index < -0.39 is 36.3 Å². The molecule has 24 heavy (non-hydrogen) atoms. The number of hydrogen-bond donors (Lipinski definition) is 0.